The van der Waals surface area contributed by atoms with Crippen molar-refractivity contribution in [3.63, 3.8) is 0 Å². The highest BCUT2D eigenvalue weighted by molar-refractivity contribution is 5.31. The van der Waals surface area contributed by atoms with Crippen LogP contribution in [0.15, 0.2) is 42.6 Å². The summed E-state index contributed by atoms with van der Waals surface area (Å²) in [7, 11) is 0. The third kappa shape index (κ3) is 3.58. The van der Waals surface area contributed by atoms with Crippen molar-refractivity contribution in [1.29, 1.82) is 0 Å². The van der Waals surface area contributed by atoms with E-state index in [1.54, 1.807) is 6.20 Å². The first-order valence-corrected chi connectivity index (χ1v) is 7.66. The molecule has 0 unspecified atom stereocenters. The maximum Gasteiger partial charge on any atom is 0.225 e. The van der Waals surface area contributed by atoms with E-state index in [4.69, 9.17) is 5.73 Å². The molecule has 2 aromatic rings. The summed E-state index contributed by atoms with van der Waals surface area (Å²) >= 11 is 0. The highest BCUT2D eigenvalue weighted by Gasteiger charge is 2.21. The Kier molecular flexibility index (Phi) is 4.46. The Hall–Kier alpha value is -1.94. The van der Waals surface area contributed by atoms with Crippen LogP contribution in [0.25, 0.3) is 0 Å². The van der Waals surface area contributed by atoms with E-state index in [1.807, 2.05) is 6.07 Å². The average molecular weight is 282 g/mol. The van der Waals surface area contributed by atoms with E-state index in [2.05, 4.69) is 45.2 Å². The van der Waals surface area contributed by atoms with Gasteiger partial charge in [-0.05, 0) is 36.8 Å². The predicted molar refractivity (Wildman–Crippen MR) is 85.0 cm³/mol. The summed E-state index contributed by atoms with van der Waals surface area (Å²) in [4.78, 5) is 11.2. The molecule has 1 aliphatic rings. The lowest BCUT2D eigenvalue weighted by Crippen LogP contribution is -2.35. The minimum atomic E-state index is 0.472. The van der Waals surface area contributed by atoms with Gasteiger partial charge in [0, 0.05) is 25.8 Å². The zero-order chi connectivity index (χ0) is 14.5. The molecule has 21 heavy (non-hydrogen) atoms. The van der Waals surface area contributed by atoms with Gasteiger partial charge in [-0.1, -0.05) is 30.3 Å². The van der Waals surface area contributed by atoms with Crippen molar-refractivity contribution in [2.45, 2.75) is 25.8 Å². The van der Waals surface area contributed by atoms with E-state index >= 15 is 0 Å². The second-order valence-electron chi connectivity index (χ2n) is 5.67. The fourth-order valence-electron chi connectivity index (χ4n) is 2.94. The Morgan fingerprint density at radius 3 is 2.57 bits per heavy atom. The first kappa shape index (κ1) is 14.0. The molecular formula is C17H22N4. The lowest BCUT2D eigenvalue weighted by atomic mass is 9.90. The molecule has 0 saturated carbocycles. The van der Waals surface area contributed by atoms with Gasteiger partial charge in [0.1, 0.15) is 0 Å². The molecule has 0 amide bonds. The molecule has 1 aromatic carbocycles. The molecule has 1 saturated heterocycles. The third-order valence-electron chi connectivity index (χ3n) is 4.17. The highest BCUT2D eigenvalue weighted by atomic mass is 15.2. The Morgan fingerprint density at radius 1 is 1.10 bits per heavy atom. The highest BCUT2D eigenvalue weighted by Crippen LogP contribution is 2.23. The van der Waals surface area contributed by atoms with Crippen LogP contribution in [0, 0.1) is 5.92 Å². The number of nitrogens with two attached hydrogens (primary N) is 1. The van der Waals surface area contributed by atoms with E-state index in [1.165, 1.54) is 24.8 Å². The normalized spacial score (nSPS) is 16.1. The monoisotopic (exact) mass is 282 g/mol. The fourth-order valence-corrected chi connectivity index (χ4v) is 2.94. The summed E-state index contributed by atoms with van der Waals surface area (Å²) in [5.41, 5.74) is 8.00. The summed E-state index contributed by atoms with van der Waals surface area (Å²) in [6, 6.07) is 12.6. The molecular weight excluding hydrogens is 260 g/mol. The van der Waals surface area contributed by atoms with E-state index in [0.29, 0.717) is 6.54 Å². The lowest BCUT2D eigenvalue weighted by molar-refractivity contribution is 0.400. The van der Waals surface area contributed by atoms with Crippen molar-refractivity contribution in [2.75, 3.05) is 18.0 Å². The van der Waals surface area contributed by atoms with Crippen molar-refractivity contribution in [1.82, 2.24) is 9.97 Å². The average Bonchev–Trinajstić information content (AvgIpc) is 2.56. The van der Waals surface area contributed by atoms with Gasteiger partial charge in [-0.2, -0.15) is 0 Å². The van der Waals surface area contributed by atoms with Crippen LogP contribution in [-0.4, -0.2) is 23.1 Å². The Balaban J connectivity index is 1.57. The van der Waals surface area contributed by atoms with Gasteiger partial charge in [0.15, 0.2) is 0 Å². The number of aromatic nitrogens is 2. The number of anilines is 1. The summed E-state index contributed by atoms with van der Waals surface area (Å²) in [5.74, 6) is 1.59. The zero-order valence-electron chi connectivity index (χ0n) is 12.3. The van der Waals surface area contributed by atoms with Gasteiger partial charge in [-0.15, -0.1) is 0 Å². The fraction of sp³-hybridized carbons (Fsp3) is 0.412. The molecule has 1 aromatic heterocycles. The first-order valence-electron chi connectivity index (χ1n) is 7.66. The second-order valence-corrected chi connectivity index (χ2v) is 5.67. The van der Waals surface area contributed by atoms with Crippen LogP contribution >= 0.6 is 0 Å². The molecule has 4 nitrogen and oxygen atoms in total. The second kappa shape index (κ2) is 6.68. The van der Waals surface area contributed by atoms with E-state index < -0.39 is 0 Å². The summed E-state index contributed by atoms with van der Waals surface area (Å²) in [5, 5.41) is 0. The van der Waals surface area contributed by atoms with Gasteiger partial charge in [0.25, 0.3) is 0 Å². The summed E-state index contributed by atoms with van der Waals surface area (Å²) < 4.78 is 0. The van der Waals surface area contributed by atoms with Crippen LogP contribution in [0.4, 0.5) is 5.95 Å². The van der Waals surface area contributed by atoms with Crippen molar-refractivity contribution in [2.24, 2.45) is 11.7 Å². The van der Waals surface area contributed by atoms with Gasteiger partial charge in [-0.3, -0.25) is 0 Å². The minimum Gasteiger partial charge on any atom is -0.341 e. The largest absolute Gasteiger partial charge is 0.341 e. The van der Waals surface area contributed by atoms with Crippen LogP contribution < -0.4 is 10.6 Å². The van der Waals surface area contributed by atoms with Crippen LogP contribution in [0.3, 0.4) is 0 Å². The molecule has 1 fully saturated rings. The van der Waals surface area contributed by atoms with Crippen LogP contribution in [-0.2, 0) is 13.0 Å². The number of hydrogen-bond donors (Lipinski definition) is 1. The molecule has 1 aliphatic heterocycles. The Labute approximate surface area is 126 Å². The van der Waals surface area contributed by atoms with E-state index in [9.17, 15) is 0 Å². The van der Waals surface area contributed by atoms with Crippen LogP contribution in [0.2, 0.25) is 0 Å². The lowest BCUT2D eigenvalue weighted by Gasteiger charge is -2.32. The molecule has 0 spiro atoms. The van der Waals surface area contributed by atoms with Gasteiger partial charge in [0.2, 0.25) is 5.95 Å². The SMILES string of the molecule is NCc1ccnc(N2CCC(Cc3ccccc3)CC2)n1. The first-order chi connectivity index (χ1) is 10.3. The molecule has 0 bridgehead atoms. The van der Waals surface area contributed by atoms with Gasteiger partial charge in [-0.25, -0.2) is 9.97 Å². The number of nitrogens with zero attached hydrogens (tertiary/aromatic N) is 3. The molecule has 3 rings (SSSR count). The predicted octanol–water partition coefficient (Wildman–Crippen LogP) is 2.39. The molecule has 2 heterocycles. The van der Waals surface area contributed by atoms with Gasteiger partial charge in [0.05, 0.1) is 5.69 Å². The summed E-state index contributed by atoms with van der Waals surface area (Å²) in [6.07, 6.45) is 5.38. The van der Waals surface area contributed by atoms with Crippen LogP contribution in [0.5, 0.6) is 0 Å². The smallest absolute Gasteiger partial charge is 0.225 e. The van der Waals surface area contributed by atoms with E-state index in [-0.39, 0.29) is 0 Å². The van der Waals surface area contributed by atoms with Gasteiger partial charge >= 0.3 is 0 Å². The molecule has 0 radical (unpaired) electrons. The molecule has 110 valence electrons. The third-order valence-corrected chi connectivity index (χ3v) is 4.17. The minimum absolute atomic E-state index is 0.472. The standard InChI is InChI=1S/C17H22N4/c18-13-16-6-9-19-17(20-16)21-10-7-15(8-11-21)12-14-4-2-1-3-5-14/h1-6,9,15H,7-8,10-13,18H2. The van der Waals surface area contributed by atoms with Gasteiger partial charge < -0.3 is 10.6 Å². The van der Waals surface area contributed by atoms with Crippen molar-refractivity contribution >= 4 is 5.95 Å². The maximum absolute atomic E-state index is 5.65. The van der Waals surface area contributed by atoms with E-state index in [0.717, 1.165) is 30.6 Å². The number of benzene rings is 1. The molecule has 4 heteroatoms. The summed E-state index contributed by atoms with van der Waals surface area (Å²) in [6.45, 7) is 2.54. The number of piperidine rings is 1. The molecule has 0 aliphatic carbocycles. The maximum atomic E-state index is 5.65. The van der Waals surface area contributed by atoms with Crippen molar-refractivity contribution in [3.05, 3.63) is 53.9 Å². The Morgan fingerprint density at radius 2 is 1.86 bits per heavy atom. The number of hydrogen-bond acceptors (Lipinski definition) is 4. The Bertz CT molecular complexity index is 562. The quantitative estimate of drug-likeness (QED) is 0.935. The zero-order valence-corrected chi connectivity index (χ0v) is 12.3. The van der Waals surface area contributed by atoms with Crippen molar-refractivity contribution < 1.29 is 0 Å². The van der Waals surface area contributed by atoms with Crippen LogP contribution in [0.1, 0.15) is 24.1 Å². The number of rotatable bonds is 4. The molecule has 0 atom stereocenters. The van der Waals surface area contributed by atoms with Crippen molar-refractivity contribution in [3.8, 4) is 0 Å². The topological polar surface area (TPSA) is 55.0 Å². The molecule has 2 N–H and O–H groups in total.